The topological polar surface area (TPSA) is 59.2 Å². The molecule has 0 spiro atoms. The molecule has 104 valence electrons. The number of aromatic nitrogens is 1. The first-order chi connectivity index (χ1) is 8.88. The number of pyridine rings is 1. The van der Waals surface area contributed by atoms with Gasteiger partial charge in [0.25, 0.3) is 5.91 Å². The van der Waals surface area contributed by atoms with Crippen LogP contribution in [0.4, 0.5) is 5.82 Å². The van der Waals surface area contributed by atoms with Gasteiger partial charge in [0.2, 0.25) is 0 Å². The molecule has 2 heterocycles. The normalized spacial score (nSPS) is 16.5. The summed E-state index contributed by atoms with van der Waals surface area (Å²) in [5, 5.41) is 0. The van der Waals surface area contributed by atoms with E-state index in [0.717, 1.165) is 31.6 Å². The first-order valence-electron chi connectivity index (χ1n) is 6.95. The van der Waals surface area contributed by atoms with Gasteiger partial charge in [-0.15, -0.1) is 0 Å². The van der Waals surface area contributed by atoms with Gasteiger partial charge < -0.3 is 10.6 Å². The summed E-state index contributed by atoms with van der Waals surface area (Å²) in [5.41, 5.74) is 7.27. The fourth-order valence-electron chi connectivity index (χ4n) is 2.34. The summed E-state index contributed by atoms with van der Waals surface area (Å²) in [6.07, 6.45) is 3.41. The van der Waals surface area contributed by atoms with E-state index < -0.39 is 0 Å². The Morgan fingerprint density at radius 3 is 2.42 bits per heavy atom. The van der Waals surface area contributed by atoms with Crippen molar-refractivity contribution in [1.82, 2.24) is 9.88 Å². The van der Waals surface area contributed by atoms with E-state index in [0.29, 0.717) is 11.4 Å². The second-order valence-corrected chi connectivity index (χ2v) is 6.27. The number of carbonyl (C=O) groups excluding carboxylic acids is 1. The van der Waals surface area contributed by atoms with E-state index in [1.165, 1.54) is 6.42 Å². The fourth-order valence-corrected chi connectivity index (χ4v) is 2.34. The number of amides is 1. The summed E-state index contributed by atoms with van der Waals surface area (Å²) in [5.74, 6) is 0.507. The maximum absolute atomic E-state index is 12.5. The van der Waals surface area contributed by atoms with Gasteiger partial charge in [-0.2, -0.15) is 0 Å². The average molecular weight is 261 g/mol. The number of anilines is 1. The largest absolute Gasteiger partial charge is 0.384 e. The number of hydrogen-bond donors (Lipinski definition) is 1. The average Bonchev–Trinajstić information content (AvgIpc) is 2.37. The first kappa shape index (κ1) is 13.8. The van der Waals surface area contributed by atoms with Crippen molar-refractivity contribution >= 4 is 11.7 Å². The van der Waals surface area contributed by atoms with Crippen LogP contribution in [0.2, 0.25) is 0 Å². The van der Waals surface area contributed by atoms with Crippen molar-refractivity contribution in [1.29, 1.82) is 0 Å². The second-order valence-electron chi connectivity index (χ2n) is 6.27. The van der Waals surface area contributed by atoms with Gasteiger partial charge in [0.15, 0.2) is 0 Å². The van der Waals surface area contributed by atoms with Crippen molar-refractivity contribution in [3.63, 3.8) is 0 Å². The lowest BCUT2D eigenvalue weighted by Gasteiger charge is -2.27. The quantitative estimate of drug-likeness (QED) is 0.845. The zero-order chi connectivity index (χ0) is 14.0. The number of nitrogens with zero attached hydrogens (tertiary/aromatic N) is 2. The zero-order valence-corrected chi connectivity index (χ0v) is 12.1. The predicted octanol–water partition coefficient (Wildman–Crippen LogP) is 2.59. The van der Waals surface area contributed by atoms with Crippen LogP contribution in [0.25, 0.3) is 0 Å². The van der Waals surface area contributed by atoms with Crippen molar-refractivity contribution in [2.24, 2.45) is 0 Å². The van der Waals surface area contributed by atoms with Crippen molar-refractivity contribution in [2.75, 3.05) is 18.8 Å². The molecule has 19 heavy (non-hydrogen) atoms. The summed E-state index contributed by atoms with van der Waals surface area (Å²) in [6, 6.07) is 3.57. The number of carbonyl (C=O) groups is 1. The lowest BCUT2D eigenvalue weighted by atomic mass is 9.90. The second kappa shape index (κ2) is 5.19. The number of likely N-dealkylation sites (tertiary alicyclic amines) is 1. The molecule has 1 aromatic heterocycles. The number of nitrogens with two attached hydrogens (primary N) is 1. The molecule has 0 bridgehead atoms. The van der Waals surface area contributed by atoms with Crippen LogP contribution in [0.3, 0.4) is 0 Å². The van der Waals surface area contributed by atoms with Crippen LogP contribution in [0, 0.1) is 0 Å². The van der Waals surface area contributed by atoms with Crippen LogP contribution < -0.4 is 5.73 Å². The van der Waals surface area contributed by atoms with E-state index in [2.05, 4.69) is 25.8 Å². The Bertz CT molecular complexity index is 471. The summed E-state index contributed by atoms with van der Waals surface area (Å²) >= 11 is 0. The minimum absolute atomic E-state index is 0.0827. The molecule has 0 aliphatic carbocycles. The van der Waals surface area contributed by atoms with Crippen LogP contribution in [-0.4, -0.2) is 28.9 Å². The lowest BCUT2D eigenvalue weighted by molar-refractivity contribution is 0.0724. The zero-order valence-electron chi connectivity index (χ0n) is 12.1. The van der Waals surface area contributed by atoms with Crippen LogP contribution >= 0.6 is 0 Å². The molecular weight excluding hydrogens is 238 g/mol. The molecule has 1 amide bonds. The van der Waals surface area contributed by atoms with Crippen molar-refractivity contribution in [2.45, 2.75) is 45.4 Å². The monoisotopic (exact) mass is 261 g/mol. The van der Waals surface area contributed by atoms with Gasteiger partial charge in [-0.3, -0.25) is 4.79 Å². The van der Waals surface area contributed by atoms with Gasteiger partial charge in [-0.1, -0.05) is 20.8 Å². The lowest BCUT2D eigenvalue weighted by Crippen LogP contribution is -2.35. The molecule has 0 radical (unpaired) electrons. The van der Waals surface area contributed by atoms with Gasteiger partial charge in [0.1, 0.15) is 5.82 Å². The Hall–Kier alpha value is -1.58. The highest BCUT2D eigenvalue weighted by Gasteiger charge is 2.22. The van der Waals surface area contributed by atoms with E-state index in [1.807, 2.05) is 11.0 Å². The highest BCUT2D eigenvalue weighted by atomic mass is 16.2. The standard InChI is InChI=1S/C15H23N3O/c1-15(2,3)12-9-11(10-13(16)17-12)14(19)18-7-5-4-6-8-18/h9-10H,4-8H2,1-3H3,(H2,16,17). The van der Waals surface area contributed by atoms with Crippen LogP contribution in [0.1, 0.15) is 56.1 Å². The van der Waals surface area contributed by atoms with Gasteiger partial charge in [-0.25, -0.2) is 4.98 Å². The summed E-state index contributed by atoms with van der Waals surface area (Å²) in [4.78, 5) is 18.7. The molecule has 4 heteroatoms. The predicted molar refractivity (Wildman–Crippen MR) is 77.1 cm³/mol. The molecule has 1 fully saturated rings. The highest BCUT2D eigenvalue weighted by Crippen LogP contribution is 2.23. The van der Waals surface area contributed by atoms with Crippen molar-refractivity contribution < 1.29 is 4.79 Å². The Morgan fingerprint density at radius 2 is 1.84 bits per heavy atom. The molecule has 0 aromatic carbocycles. The summed E-state index contributed by atoms with van der Waals surface area (Å²) < 4.78 is 0. The molecule has 2 N–H and O–H groups in total. The van der Waals surface area contributed by atoms with Crippen LogP contribution in [0.5, 0.6) is 0 Å². The van der Waals surface area contributed by atoms with Gasteiger partial charge >= 0.3 is 0 Å². The third-order valence-corrected chi connectivity index (χ3v) is 3.50. The van der Waals surface area contributed by atoms with Crippen LogP contribution in [0.15, 0.2) is 12.1 Å². The highest BCUT2D eigenvalue weighted by molar-refractivity contribution is 5.95. The van der Waals surface area contributed by atoms with E-state index in [9.17, 15) is 4.79 Å². The molecule has 0 atom stereocenters. The Kier molecular flexibility index (Phi) is 3.78. The number of nitrogen functional groups attached to an aromatic ring is 1. The van der Waals surface area contributed by atoms with E-state index in [-0.39, 0.29) is 11.3 Å². The molecule has 2 rings (SSSR count). The SMILES string of the molecule is CC(C)(C)c1cc(C(=O)N2CCCCC2)cc(N)n1. The van der Waals surface area contributed by atoms with Gasteiger partial charge in [-0.05, 0) is 31.4 Å². The third kappa shape index (κ3) is 3.25. The number of piperidine rings is 1. The molecular formula is C15H23N3O. The summed E-state index contributed by atoms with van der Waals surface area (Å²) in [6.45, 7) is 7.93. The smallest absolute Gasteiger partial charge is 0.254 e. The van der Waals surface area contributed by atoms with E-state index >= 15 is 0 Å². The molecule has 1 aromatic rings. The molecule has 1 aliphatic heterocycles. The van der Waals surface area contributed by atoms with E-state index in [1.54, 1.807) is 6.07 Å². The first-order valence-corrected chi connectivity index (χ1v) is 6.95. The van der Waals surface area contributed by atoms with Crippen molar-refractivity contribution in [3.8, 4) is 0 Å². The number of hydrogen-bond acceptors (Lipinski definition) is 3. The minimum Gasteiger partial charge on any atom is -0.384 e. The minimum atomic E-state index is -0.105. The maximum Gasteiger partial charge on any atom is 0.254 e. The third-order valence-electron chi connectivity index (χ3n) is 3.50. The summed E-state index contributed by atoms with van der Waals surface area (Å²) in [7, 11) is 0. The fraction of sp³-hybridized carbons (Fsp3) is 0.600. The van der Waals surface area contributed by atoms with Crippen molar-refractivity contribution in [3.05, 3.63) is 23.4 Å². The van der Waals surface area contributed by atoms with Gasteiger partial charge in [0, 0.05) is 29.8 Å². The van der Waals surface area contributed by atoms with Crippen LogP contribution in [-0.2, 0) is 5.41 Å². The molecule has 1 saturated heterocycles. The molecule has 1 aliphatic rings. The Morgan fingerprint density at radius 1 is 1.21 bits per heavy atom. The van der Waals surface area contributed by atoms with E-state index in [4.69, 9.17) is 5.73 Å². The Labute approximate surface area is 115 Å². The Balaban J connectivity index is 2.28. The molecule has 4 nitrogen and oxygen atoms in total. The van der Waals surface area contributed by atoms with Gasteiger partial charge in [0.05, 0.1) is 0 Å². The molecule has 0 saturated carbocycles. The number of rotatable bonds is 1. The molecule has 0 unspecified atom stereocenters. The maximum atomic E-state index is 12.5.